The van der Waals surface area contributed by atoms with Crippen molar-refractivity contribution in [3.8, 4) is 0 Å². The SMILES string of the molecule is CC(C)(C)[C@H]1OCC[C@@H]1c1nnc([C@@H]2C[C@H]2c2cccnc2)o1. The lowest BCUT2D eigenvalue weighted by atomic mass is 9.81. The Morgan fingerprint density at radius 3 is 2.57 bits per heavy atom. The lowest BCUT2D eigenvalue weighted by Crippen LogP contribution is -2.30. The largest absolute Gasteiger partial charge is 0.425 e. The van der Waals surface area contributed by atoms with Crippen molar-refractivity contribution in [1.82, 2.24) is 15.2 Å². The van der Waals surface area contributed by atoms with Crippen molar-refractivity contribution in [3.63, 3.8) is 0 Å². The Morgan fingerprint density at radius 2 is 1.87 bits per heavy atom. The van der Waals surface area contributed by atoms with E-state index in [0.717, 1.165) is 31.2 Å². The van der Waals surface area contributed by atoms with Gasteiger partial charge in [-0.3, -0.25) is 4.98 Å². The highest BCUT2D eigenvalue weighted by Gasteiger charge is 2.45. The minimum absolute atomic E-state index is 0.0770. The molecule has 1 aliphatic carbocycles. The van der Waals surface area contributed by atoms with Crippen LogP contribution in [0.4, 0.5) is 0 Å². The molecular formula is C18H23N3O2. The first-order chi connectivity index (χ1) is 11.0. The summed E-state index contributed by atoms with van der Waals surface area (Å²) in [6.45, 7) is 7.37. The Hall–Kier alpha value is -1.75. The molecule has 122 valence electrons. The fourth-order valence-electron chi connectivity index (χ4n) is 3.67. The average molecular weight is 313 g/mol. The summed E-state index contributed by atoms with van der Waals surface area (Å²) in [5.74, 6) is 2.54. The molecule has 1 aliphatic heterocycles. The highest BCUT2D eigenvalue weighted by atomic mass is 16.5. The summed E-state index contributed by atoms with van der Waals surface area (Å²) in [5.41, 5.74) is 1.34. The molecule has 4 atom stereocenters. The van der Waals surface area contributed by atoms with E-state index in [4.69, 9.17) is 9.15 Å². The fraction of sp³-hybridized carbons (Fsp3) is 0.611. The maximum atomic E-state index is 6.05. The van der Waals surface area contributed by atoms with E-state index in [0.29, 0.717) is 11.8 Å². The van der Waals surface area contributed by atoms with Crippen LogP contribution in [-0.4, -0.2) is 27.9 Å². The molecular weight excluding hydrogens is 290 g/mol. The summed E-state index contributed by atoms with van der Waals surface area (Å²) < 4.78 is 12.0. The van der Waals surface area contributed by atoms with E-state index in [2.05, 4.69) is 42.0 Å². The number of nitrogens with zero attached hydrogens (tertiary/aromatic N) is 3. The first-order valence-electron chi connectivity index (χ1n) is 8.39. The van der Waals surface area contributed by atoms with E-state index >= 15 is 0 Å². The standard InChI is InChI=1S/C18H23N3O2/c1-18(2,3)15-12(6-8-22-15)16-20-21-17(23-16)14-9-13(14)11-5-4-7-19-10-11/h4-5,7,10,12-15H,6,8-9H2,1-3H3/t12-,13-,14+,15-/m0/s1. The summed E-state index contributed by atoms with van der Waals surface area (Å²) in [5, 5.41) is 8.66. The molecule has 0 spiro atoms. The van der Waals surface area contributed by atoms with Crippen LogP contribution in [0.1, 0.15) is 68.7 Å². The zero-order valence-electron chi connectivity index (χ0n) is 13.9. The van der Waals surface area contributed by atoms with Gasteiger partial charge in [-0.25, -0.2) is 0 Å². The molecule has 23 heavy (non-hydrogen) atoms. The number of hydrogen-bond donors (Lipinski definition) is 0. The van der Waals surface area contributed by atoms with Crippen molar-refractivity contribution < 1.29 is 9.15 Å². The van der Waals surface area contributed by atoms with Gasteiger partial charge in [-0.2, -0.15) is 0 Å². The summed E-state index contributed by atoms with van der Waals surface area (Å²) in [6, 6.07) is 4.10. The van der Waals surface area contributed by atoms with Crippen molar-refractivity contribution in [2.24, 2.45) is 5.41 Å². The molecule has 0 bridgehead atoms. The lowest BCUT2D eigenvalue weighted by molar-refractivity contribution is 0.0170. The molecule has 4 rings (SSSR count). The van der Waals surface area contributed by atoms with Gasteiger partial charge in [0.1, 0.15) is 0 Å². The zero-order chi connectivity index (χ0) is 16.0. The lowest BCUT2D eigenvalue weighted by Gasteiger charge is -2.29. The topological polar surface area (TPSA) is 61.0 Å². The number of rotatable bonds is 3. The van der Waals surface area contributed by atoms with Gasteiger partial charge < -0.3 is 9.15 Å². The predicted molar refractivity (Wildman–Crippen MR) is 85.2 cm³/mol. The van der Waals surface area contributed by atoms with Gasteiger partial charge in [0.25, 0.3) is 0 Å². The first-order valence-corrected chi connectivity index (χ1v) is 8.39. The van der Waals surface area contributed by atoms with Crippen LogP contribution in [0.2, 0.25) is 0 Å². The van der Waals surface area contributed by atoms with Crippen molar-refractivity contribution in [2.45, 2.75) is 57.5 Å². The van der Waals surface area contributed by atoms with Crippen LogP contribution < -0.4 is 0 Å². The molecule has 2 aromatic heterocycles. The second-order valence-electron chi connectivity index (χ2n) is 7.77. The number of aromatic nitrogens is 3. The molecule has 3 heterocycles. The third-order valence-corrected chi connectivity index (χ3v) is 4.94. The highest BCUT2D eigenvalue weighted by Crippen LogP contribution is 2.54. The predicted octanol–water partition coefficient (Wildman–Crippen LogP) is 3.65. The molecule has 5 heteroatoms. The maximum absolute atomic E-state index is 6.05. The fourth-order valence-corrected chi connectivity index (χ4v) is 3.67. The van der Waals surface area contributed by atoms with Gasteiger partial charge in [-0.15, -0.1) is 10.2 Å². The van der Waals surface area contributed by atoms with E-state index in [1.165, 1.54) is 5.56 Å². The minimum atomic E-state index is 0.0770. The van der Waals surface area contributed by atoms with Gasteiger partial charge >= 0.3 is 0 Å². The Morgan fingerprint density at radius 1 is 1.09 bits per heavy atom. The number of hydrogen-bond acceptors (Lipinski definition) is 5. The van der Waals surface area contributed by atoms with Gasteiger partial charge in [0.15, 0.2) is 0 Å². The molecule has 2 fully saturated rings. The second kappa shape index (κ2) is 5.41. The molecule has 2 aliphatic rings. The van der Waals surface area contributed by atoms with E-state index in [-0.39, 0.29) is 17.4 Å². The second-order valence-corrected chi connectivity index (χ2v) is 7.77. The van der Waals surface area contributed by atoms with Crippen LogP contribution in [0.5, 0.6) is 0 Å². The van der Waals surface area contributed by atoms with Gasteiger partial charge in [0.2, 0.25) is 11.8 Å². The van der Waals surface area contributed by atoms with E-state index in [1.807, 2.05) is 12.3 Å². The summed E-state index contributed by atoms with van der Waals surface area (Å²) >= 11 is 0. The van der Waals surface area contributed by atoms with Crippen LogP contribution in [0, 0.1) is 5.41 Å². The van der Waals surface area contributed by atoms with Crippen molar-refractivity contribution >= 4 is 0 Å². The molecule has 0 radical (unpaired) electrons. The normalized spacial score (nSPS) is 30.6. The van der Waals surface area contributed by atoms with Gasteiger partial charge in [-0.1, -0.05) is 26.8 Å². The minimum Gasteiger partial charge on any atom is -0.425 e. The van der Waals surface area contributed by atoms with E-state index < -0.39 is 0 Å². The van der Waals surface area contributed by atoms with Gasteiger partial charge in [0.05, 0.1) is 12.0 Å². The Kier molecular flexibility index (Phi) is 3.48. The van der Waals surface area contributed by atoms with Crippen molar-refractivity contribution in [3.05, 3.63) is 41.9 Å². The molecule has 0 amide bonds. The Bertz CT molecular complexity index is 677. The molecule has 1 saturated heterocycles. The average Bonchev–Trinajstić information content (AvgIpc) is 2.97. The summed E-state index contributed by atoms with van der Waals surface area (Å²) in [6.07, 6.45) is 5.90. The molecule has 0 N–H and O–H groups in total. The van der Waals surface area contributed by atoms with Crippen molar-refractivity contribution in [2.75, 3.05) is 6.61 Å². The summed E-state index contributed by atoms with van der Waals surface area (Å²) in [7, 11) is 0. The van der Waals surface area contributed by atoms with Crippen molar-refractivity contribution in [1.29, 1.82) is 0 Å². The molecule has 1 saturated carbocycles. The van der Waals surface area contributed by atoms with E-state index in [1.54, 1.807) is 6.20 Å². The van der Waals surface area contributed by atoms with Crippen LogP contribution in [0.3, 0.4) is 0 Å². The van der Waals surface area contributed by atoms with Crippen LogP contribution in [0.15, 0.2) is 28.9 Å². The summed E-state index contributed by atoms with van der Waals surface area (Å²) in [4.78, 5) is 4.20. The number of pyridine rings is 1. The Labute approximate surface area is 136 Å². The maximum Gasteiger partial charge on any atom is 0.222 e. The number of ether oxygens (including phenoxy) is 1. The van der Waals surface area contributed by atoms with Gasteiger partial charge in [0, 0.05) is 24.9 Å². The van der Waals surface area contributed by atoms with E-state index in [9.17, 15) is 0 Å². The third-order valence-electron chi connectivity index (χ3n) is 4.94. The molecule has 5 nitrogen and oxygen atoms in total. The van der Waals surface area contributed by atoms with Crippen LogP contribution in [0.25, 0.3) is 0 Å². The zero-order valence-corrected chi connectivity index (χ0v) is 13.9. The van der Waals surface area contributed by atoms with Gasteiger partial charge in [-0.05, 0) is 35.8 Å². The third kappa shape index (κ3) is 2.78. The molecule has 0 unspecified atom stereocenters. The first kappa shape index (κ1) is 14.8. The Balaban J connectivity index is 1.50. The highest BCUT2D eigenvalue weighted by molar-refractivity contribution is 5.28. The molecule has 0 aromatic carbocycles. The smallest absolute Gasteiger partial charge is 0.222 e. The van der Waals surface area contributed by atoms with Crippen LogP contribution in [-0.2, 0) is 4.74 Å². The monoisotopic (exact) mass is 313 g/mol. The quantitative estimate of drug-likeness (QED) is 0.865. The van der Waals surface area contributed by atoms with Crippen LogP contribution >= 0.6 is 0 Å². The molecule has 2 aromatic rings.